The van der Waals surface area contributed by atoms with E-state index in [-0.39, 0.29) is 5.56 Å². The first-order valence-electron chi connectivity index (χ1n) is 4.10. The maximum absolute atomic E-state index is 12.6. The predicted octanol–water partition coefficient (Wildman–Crippen LogP) is 3.00. The molecule has 1 aromatic rings. The van der Waals surface area contributed by atoms with Crippen molar-refractivity contribution in [1.29, 1.82) is 5.26 Å². The minimum Gasteiger partial charge on any atom is -0.293 e. The number of nitriles is 1. The number of rotatable bonds is 2. The van der Waals surface area contributed by atoms with Crippen LogP contribution in [0.25, 0.3) is 0 Å². The zero-order valence-corrected chi connectivity index (χ0v) is 8.56. The van der Waals surface area contributed by atoms with E-state index < -0.39 is 29.0 Å². The summed E-state index contributed by atoms with van der Waals surface area (Å²) in [6.07, 6.45) is -4.68. The molecule has 0 fully saturated rings. The summed E-state index contributed by atoms with van der Waals surface area (Å²) >= 11 is 5.20. The van der Waals surface area contributed by atoms with Crippen molar-refractivity contribution in [3.63, 3.8) is 0 Å². The molecule has 0 bridgehead atoms. The van der Waals surface area contributed by atoms with Crippen LogP contribution in [0.2, 0.25) is 0 Å². The SMILES string of the molecule is N#Cc1ccc(C(=O)CCl)c(C(F)(F)F)c1. The van der Waals surface area contributed by atoms with E-state index in [1.807, 2.05) is 0 Å². The first-order chi connectivity index (χ1) is 7.40. The lowest BCUT2D eigenvalue weighted by molar-refractivity contribution is -0.137. The standard InChI is InChI=1S/C10H5ClF3NO/c11-4-9(16)7-2-1-6(5-15)3-8(7)10(12,13)14/h1-3H,4H2. The van der Waals surface area contributed by atoms with Crippen molar-refractivity contribution in [2.45, 2.75) is 6.18 Å². The van der Waals surface area contributed by atoms with Crippen LogP contribution in [0.15, 0.2) is 18.2 Å². The molecule has 0 unspecified atom stereocenters. The third kappa shape index (κ3) is 2.52. The summed E-state index contributed by atoms with van der Waals surface area (Å²) in [4.78, 5) is 11.2. The topological polar surface area (TPSA) is 40.9 Å². The minimum atomic E-state index is -4.68. The number of carbonyl (C=O) groups is 1. The predicted molar refractivity (Wildman–Crippen MR) is 51.2 cm³/mol. The van der Waals surface area contributed by atoms with E-state index in [0.29, 0.717) is 6.07 Å². The van der Waals surface area contributed by atoms with Crippen LogP contribution in [0.4, 0.5) is 13.2 Å². The second-order valence-corrected chi connectivity index (χ2v) is 3.19. The average Bonchev–Trinajstić information content (AvgIpc) is 2.26. The Morgan fingerprint density at radius 3 is 2.50 bits per heavy atom. The van der Waals surface area contributed by atoms with Gasteiger partial charge >= 0.3 is 6.18 Å². The Morgan fingerprint density at radius 2 is 2.06 bits per heavy atom. The molecule has 0 heterocycles. The van der Waals surface area contributed by atoms with E-state index in [1.54, 1.807) is 6.07 Å². The van der Waals surface area contributed by atoms with Crippen molar-refractivity contribution >= 4 is 17.4 Å². The Labute approximate surface area is 94.2 Å². The normalized spacial score (nSPS) is 10.9. The number of alkyl halides is 4. The van der Waals surface area contributed by atoms with Crippen molar-refractivity contribution in [1.82, 2.24) is 0 Å². The van der Waals surface area contributed by atoms with Crippen molar-refractivity contribution in [3.05, 3.63) is 34.9 Å². The van der Waals surface area contributed by atoms with Gasteiger partial charge in [-0.25, -0.2) is 0 Å². The zero-order valence-electron chi connectivity index (χ0n) is 7.81. The molecule has 16 heavy (non-hydrogen) atoms. The molecule has 2 nitrogen and oxygen atoms in total. The summed E-state index contributed by atoms with van der Waals surface area (Å²) in [6.45, 7) is 0. The fourth-order valence-electron chi connectivity index (χ4n) is 1.16. The van der Waals surface area contributed by atoms with Gasteiger partial charge in [0.15, 0.2) is 5.78 Å². The van der Waals surface area contributed by atoms with Crippen molar-refractivity contribution < 1.29 is 18.0 Å². The van der Waals surface area contributed by atoms with Gasteiger partial charge in [0.1, 0.15) is 0 Å². The third-order valence-corrected chi connectivity index (χ3v) is 2.12. The summed E-state index contributed by atoms with van der Waals surface area (Å²) in [5.74, 6) is -1.35. The Balaban J connectivity index is 3.40. The number of nitrogens with zero attached hydrogens (tertiary/aromatic N) is 1. The maximum Gasteiger partial charge on any atom is 0.417 e. The van der Waals surface area contributed by atoms with Gasteiger partial charge in [0.2, 0.25) is 0 Å². The molecule has 0 aliphatic heterocycles. The van der Waals surface area contributed by atoms with Crippen LogP contribution < -0.4 is 0 Å². The highest BCUT2D eigenvalue weighted by molar-refractivity contribution is 6.30. The van der Waals surface area contributed by atoms with Crippen molar-refractivity contribution in [3.8, 4) is 6.07 Å². The highest BCUT2D eigenvalue weighted by Gasteiger charge is 2.35. The molecule has 0 aliphatic rings. The van der Waals surface area contributed by atoms with Gasteiger partial charge in [-0.2, -0.15) is 18.4 Å². The monoisotopic (exact) mass is 247 g/mol. The second-order valence-electron chi connectivity index (χ2n) is 2.93. The molecular weight excluding hydrogens is 243 g/mol. The van der Waals surface area contributed by atoms with Crippen LogP contribution in [0.1, 0.15) is 21.5 Å². The number of carbonyl (C=O) groups excluding carboxylic acids is 1. The minimum absolute atomic E-state index is 0.154. The number of Topliss-reactive ketones (excluding diaryl/α,β-unsaturated/α-hetero) is 1. The van der Waals surface area contributed by atoms with E-state index in [2.05, 4.69) is 0 Å². The number of halogens is 4. The lowest BCUT2D eigenvalue weighted by Gasteiger charge is -2.11. The van der Waals surface area contributed by atoms with Crippen LogP contribution >= 0.6 is 11.6 Å². The molecular formula is C10H5ClF3NO. The average molecular weight is 248 g/mol. The van der Waals surface area contributed by atoms with E-state index in [1.165, 1.54) is 0 Å². The number of hydrogen-bond donors (Lipinski definition) is 0. The van der Waals surface area contributed by atoms with Crippen LogP contribution in [0.5, 0.6) is 0 Å². The smallest absolute Gasteiger partial charge is 0.293 e. The molecule has 0 aromatic heterocycles. The van der Waals surface area contributed by atoms with Crippen LogP contribution in [-0.2, 0) is 6.18 Å². The number of benzene rings is 1. The summed E-state index contributed by atoms with van der Waals surface area (Å²) < 4.78 is 37.7. The molecule has 0 saturated heterocycles. The van der Waals surface area contributed by atoms with E-state index in [0.717, 1.165) is 12.1 Å². The number of ketones is 1. The van der Waals surface area contributed by atoms with E-state index in [9.17, 15) is 18.0 Å². The fourth-order valence-corrected chi connectivity index (χ4v) is 1.31. The Hall–Kier alpha value is -1.54. The maximum atomic E-state index is 12.6. The van der Waals surface area contributed by atoms with Crippen molar-refractivity contribution in [2.75, 3.05) is 5.88 Å². The Morgan fingerprint density at radius 1 is 1.44 bits per heavy atom. The Kier molecular flexibility index (Phi) is 3.55. The van der Waals surface area contributed by atoms with Gasteiger partial charge < -0.3 is 0 Å². The van der Waals surface area contributed by atoms with Gasteiger partial charge in [-0.05, 0) is 18.2 Å². The highest BCUT2D eigenvalue weighted by Crippen LogP contribution is 2.33. The zero-order chi connectivity index (χ0) is 12.3. The van der Waals surface area contributed by atoms with Gasteiger partial charge in [-0.1, -0.05) is 0 Å². The largest absolute Gasteiger partial charge is 0.417 e. The van der Waals surface area contributed by atoms with Gasteiger partial charge in [0, 0.05) is 5.56 Å². The molecule has 0 saturated carbocycles. The Bertz CT molecular complexity index is 462. The molecule has 0 radical (unpaired) electrons. The third-order valence-electron chi connectivity index (χ3n) is 1.88. The van der Waals surface area contributed by atoms with E-state index in [4.69, 9.17) is 16.9 Å². The molecule has 0 spiro atoms. The molecule has 0 aliphatic carbocycles. The van der Waals surface area contributed by atoms with Gasteiger partial charge in [0.05, 0.1) is 23.1 Å². The van der Waals surface area contributed by atoms with E-state index >= 15 is 0 Å². The first-order valence-corrected chi connectivity index (χ1v) is 4.64. The molecule has 0 N–H and O–H groups in total. The summed E-state index contributed by atoms with van der Waals surface area (Å²) in [6, 6.07) is 4.33. The first kappa shape index (κ1) is 12.5. The van der Waals surface area contributed by atoms with Crippen LogP contribution in [0.3, 0.4) is 0 Å². The highest BCUT2D eigenvalue weighted by atomic mass is 35.5. The number of hydrogen-bond acceptors (Lipinski definition) is 2. The van der Waals surface area contributed by atoms with Crippen molar-refractivity contribution in [2.24, 2.45) is 0 Å². The molecule has 0 amide bonds. The fraction of sp³-hybridized carbons (Fsp3) is 0.200. The second kappa shape index (κ2) is 4.54. The summed E-state index contributed by atoms with van der Waals surface area (Å²) in [5, 5.41) is 8.49. The van der Waals surface area contributed by atoms with Crippen LogP contribution in [0, 0.1) is 11.3 Å². The van der Waals surface area contributed by atoms with Gasteiger partial charge in [0.25, 0.3) is 0 Å². The lowest BCUT2D eigenvalue weighted by atomic mass is 10.0. The summed E-state index contributed by atoms with van der Waals surface area (Å²) in [7, 11) is 0. The van der Waals surface area contributed by atoms with Gasteiger partial charge in [-0.3, -0.25) is 4.79 Å². The molecule has 84 valence electrons. The van der Waals surface area contributed by atoms with Gasteiger partial charge in [-0.15, -0.1) is 11.6 Å². The molecule has 1 rings (SSSR count). The van der Waals surface area contributed by atoms with Crippen LogP contribution in [-0.4, -0.2) is 11.7 Å². The summed E-state index contributed by atoms with van der Waals surface area (Å²) in [5.41, 5.74) is -1.79. The molecule has 6 heteroatoms. The molecule has 1 aromatic carbocycles. The molecule has 0 atom stereocenters. The quantitative estimate of drug-likeness (QED) is 0.595. The lowest BCUT2D eigenvalue weighted by Crippen LogP contribution is -2.14.